The maximum Gasteiger partial charge on any atom is 0.318 e. The van der Waals surface area contributed by atoms with Gasteiger partial charge in [0.15, 0.2) is 0 Å². The summed E-state index contributed by atoms with van der Waals surface area (Å²) in [6.07, 6.45) is 1.40. The molecule has 7 nitrogen and oxygen atoms in total. The molecule has 0 aliphatic rings. The van der Waals surface area contributed by atoms with Gasteiger partial charge in [-0.25, -0.2) is 16.8 Å². The Kier molecular flexibility index (Phi) is 6.06. The lowest BCUT2D eigenvalue weighted by Gasteiger charge is -2.19. The van der Waals surface area contributed by atoms with Gasteiger partial charge in [-0.15, -0.1) is 0 Å². The molecule has 0 amide bonds. The molecule has 0 aromatic carbocycles. The predicted molar refractivity (Wildman–Crippen MR) is 63.0 cm³/mol. The second-order valence-electron chi connectivity index (χ2n) is 3.67. The topological polar surface area (TPSA) is 109 Å². The Morgan fingerprint density at radius 1 is 1.18 bits per heavy atom. The standard InChI is InChI=1S/C8H17NO6S2/c1-3-4-9(7-8(10)11)17(14,15)6-5-16(2,12)13/h3-7H2,1-2H3,(H,10,11). The SMILES string of the molecule is CCCN(CC(=O)O)S(=O)(=O)CCS(C)(=O)=O. The van der Waals surface area contributed by atoms with Crippen molar-refractivity contribution in [2.75, 3.05) is 30.9 Å². The van der Waals surface area contributed by atoms with Crippen molar-refractivity contribution in [2.24, 2.45) is 0 Å². The number of sulfone groups is 1. The first-order valence-corrected chi connectivity index (χ1v) is 8.63. The average Bonchev–Trinajstić information content (AvgIpc) is 2.13. The molecule has 0 bridgehead atoms. The molecule has 0 unspecified atom stereocenters. The van der Waals surface area contributed by atoms with E-state index >= 15 is 0 Å². The van der Waals surface area contributed by atoms with Crippen LogP contribution in [0.4, 0.5) is 0 Å². The Morgan fingerprint density at radius 3 is 2.06 bits per heavy atom. The van der Waals surface area contributed by atoms with Crippen molar-refractivity contribution in [3.05, 3.63) is 0 Å². The summed E-state index contributed by atoms with van der Waals surface area (Å²) in [5, 5.41) is 8.58. The number of nitrogens with zero attached hydrogens (tertiary/aromatic N) is 1. The highest BCUT2D eigenvalue weighted by atomic mass is 32.2. The van der Waals surface area contributed by atoms with Crippen LogP contribution in [0.5, 0.6) is 0 Å². The molecule has 0 heterocycles. The quantitative estimate of drug-likeness (QED) is 0.623. The maximum absolute atomic E-state index is 11.7. The van der Waals surface area contributed by atoms with Crippen LogP contribution < -0.4 is 0 Å². The van der Waals surface area contributed by atoms with Gasteiger partial charge in [0.25, 0.3) is 0 Å². The molecule has 9 heteroatoms. The Bertz CT molecular complexity index is 452. The molecule has 0 fully saturated rings. The molecule has 102 valence electrons. The van der Waals surface area contributed by atoms with Crippen molar-refractivity contribution in [1.82, 2.24) is 4.31 Å². The number of hydrogen-bond donors (Lipinski definition) is 1. The van der Waals surface area contributed by atoms with Gasteiger partial charge in [-0.05, 0) is 6.42 Å². The Labute approximate surface area is 101 Å². The molecule has 0 saturated carbocycles. The lowest BCUT2D eigenvalue weighted by atomic mass is 10.5. The van der Waals surface area contributed by atoms with E-state index in [4.69, 9.17) is 5.11 Å². The first-order valence-electron chi connectivity index (χ1n) is 4.96. The summed E-state index contributed by atoms with van der Waals surface area (Å²) < 4.78 is 46.0. The van der Waals surface area contributed by atoms with E-state index in [9.17, 15) is 21.6 Å². The molecule has 0 aromatic heterocycles. The zero-order valence-electron chi connectivity index (χ0n) is 9.79. The molecule has 0 aromatic rings. The van der Waals surface area contributed by atoms with Gasteiger partial charge in [-0.2, -0.15) is 4.31 Å². The second-order valence-corrected chi connectivity index (χ2v) is 8.02. The van der Waals surface area contributed by atoms with Gasteiger partial charge in [0.1, 0.15) is 16.4 Å². The van der Waals surface area contributed by atoms with Gasteiger partial charge >= 0.3 is 5.97 Å². The Morgan fingerprint density at radius 2 is 1.71 bits per heavy atom. The van der Waals surface area contributed by atoms with E-state index in [1.165, 1.54) is 0 Å². The van der Waals surface area contributed by atoms with E-state index in [0.717, 1.165) is 10.6 Å². The molecule has 0 saturated heterocycles. The monoisotopic (exact) mass is 287 g/mol. The minimum atomic E-state index is -3.84. The van der Waals surface area contributed by atoms with Crippen LogP contribution in [0.3, 0.4) is 0 Å². The Balaban J connectivity index is 4.77. The van der Waals surface area contributed by atoms with Crippen molar-refractivity contribution in [3.8, 4) is 0 Å². The van der Waals surface area contributed by atoms with Crippen molar-refractivity contribution < 1.29 is 26.7 Å². The van der Waals surface area contributed by atoms with Crippen LogP contribution >= 0.6 is 0 Å². The van der Waals surface area contributed by atoms with Gasteiger partial charge in [-0.1, -0.05) is 6.92 Å². The third-order valence-corrected chi connectivity index (χ3v) is 4.91. The first-order chi connectivity index (χ1) is 7.58. The van der Waals surface area contributed by atoms with E-state index in [1.54, 1.807) is 6.92 Å². The van der Waals surface area contributed by atoms with E-state index in [2.05, 4.69) is 0 Å². The third kappa shape index (κ3) is 7.29. The summed E-state index contributed by atoms with van der Waals surface area (Å²) in [6, 6.07) is 0. The van der Waals surface area contributed by atoms with Gasteiger partial charge in [0.2, 0.25) is 10.0 Å². The average molecular weight is 287 g/mol. The highest BCUT2D eigenvalue weighted by Crippen LogP contribution is 2.04. The predicted octanol–water partition coefficient (Wildman–Crippen LogP) is -0.843. The summed E-state index contributed by atoms with van der Waals surface area (Å²) in [7, 11) is -7.23. The molecule has 0 spiro atoms. The fourth-order valence-corrected chi connectivity index (χ4v) is 4.18. The molecule has 1 N–H and O–H groups in total. The fraction of sp³-hybridized carbons (Fsp3) is 0.875. The van der Waals surface area contributed by atoms with E-state index in [-0.39, 0.29) is 6.54 Å². The Hall–Kier alpha value is -0.670. The van der Waals surface area contributed by atoms with Crippen LogP contribution in [0.25, 0.3) is 0 Å². The number of carboxylic acid groups (broad SMARTS) is 1. The van der Waals surface area contributed by atoms with Crippen LogP contribution in [0.1, 0.15) is 13.3 Å². The lowest BCUT2D eigenvalue weighted by Crippen LogP contribution is -2.39. The van der Waals surface area contributed by atoms with Crippen molar-refractivity contribution in [2.45, 2.75) is 13.3 Å². The van der Waals surface area contributed by atoms with E-state index in [1.807, 2.05) is 0 Å². The van der Waals surface area contributed by atoms with Crippen LogP contribution in [-0.2, 0) is 24.7 Å². The second kappa shape index (κ2) is 6.31. The van der Waals surface area contributed by atoms with Gasteiger partial charge in [0.05, 0.1) is 11.5 Å². The van der Waals surface area contributed by atoms with E-state index in [0.29, 0.717) is 6.42 Å². The number of hydrogen-bond acceptors (Lipinski definition) is 5. The smallest absolute Gasteiger partial charge is 0.318 e. The largest absolute Gasteiger partial charge is 0.480 e. The molecule has 17 heavy (non-hydrogen) atoms. The summed E-state index contributed by atoms with van der Waals surface area (Å²) in [6.45, 7) is 1.14. The number of carboxylic acids is 1. The zero-order valence-corrected chi connectivity index (χ0v) is 11.4. The summed E-state index contributed by atoms with van der Waals surface area (Å²) in [5.41, 5.74) is 0. The number of sulfonamides is 1. The molecular weight excluding hydrogens is 270 g/mol. The van der Waals surface area contributed by atoms with Gasteiger partial charge in [0, 0.05) is 12.8 Å². The van der Waals surface area contributed by atoms with Crippen LogP contribution in [-0.4, -0.2) is 63.1 Å². The minimum absolute atomic E-state index is 0.0679. The number of aliphatic carboxylic acids is 1. The van der Waals surface area contributed by atoms with Crippen LogP contribution in [0, 0.1) is 0 Å². The van der Waals surface area contributed by atoms with Crippen molar-refractivity contribution >= 4 is 25.8 Å². The lowest BCUT2D eigenvalue weighted by molar-refractivity contribution is -0.137. The normalized spacial score (nSPS) is 12.9. The van der Waals surface area contributed by atoms with Crippen molar-refractivity contribution in [1.29, 1.82) is 0 Å². The van der Waals surface area contributed by atoms with Gasteiger partial charge < -0.3 is 5.11 Å². The van der Waals surface area contributed by atoms with Crippen molar-refractivity contribution in [3.63, 3.8) is 0 Å². The minimum Gasteiger partial charge on any atom is -0.480 e. The highest BCUT2D eigenvalue weighted by Gasteiger charge is 2.24. The summed E-state index contributed by atoms with van der Waals surface area (Å²) >= 11 is 0. The molecule has 0 atom stereocenters. The first kappa shape index (κ1) is 16.3. The summed E-state index contributed by atoms with van der Waals surface area (Å²) in [5.74, 6) is -2.35. The van der Waals surface area contributed by atoms with Crippen LogP contribution in [0.2, 0.25) is 0 Å². The molecule has 0 radical (unpaired) electrons. The van der Waals surface area contributed by atoms with Crippen LogP contribution in [0.15, 0.2) is 0 Å². The third-order valence-electron chi connectivity index (χ3n) is 1.89. The highest BCUT2D eigenvalue weighted by molar-refractivity contribution is 7.93. The fourth-order valence-electron chi connectivity index (χ4n) is 1.10. The van der Waals surface area contributed by atoms with Gasteiger partial charge in [-0.3, -0.25) is 4.79 Å². The number of rotatable bonds is 8. The summed E-state index contributed by atoms with van der Waals surface area (Å²) in [4.78, 5) is 10.5. The zero-order chi connectivity index (χ0) is 13.7. The molecule has 0 rings (SSSR count). The molecule has 0 aliphatic carbocycles. The molecule has 0 aliphatic heterocycles. The molecular formula is C8H17NO6S2. The number of carbonyl (C=O) groups is 1. The van der Waals surface area contributed by atoms with E-state index < -0.39 is 43.9 Å². The maximum atomic E-state index is 11.7.